The first-order valence-corrected chi connectivity index (χ1v) is 12.9. The smallest absolute Gasteiger partial charge is 0.126 e. The topological polar surface area (TPSA) is 24.5 Å². The van der Waals surface area contributed by atoms with E-state index in [1.54, 1.807) is 0 Å². The molecule has 34 heavy (non-hydrogen) atoms. The van der Waals surface area contributed by atoms with Crippen LogP contribution in [0.5, 0.6) is 5.75 Å². The summed E-state index contributed by atoms with van der Waals surface area (Å²) in [5.41, 5.74) is 5.38. The molecule has 0 spiro atoms. The van der Waals surface area contributed by atoms with Crippen molar-refractivity contribution in [3.8, 4) is 5.75 Å². The Labute approximate surface area is 205 Å². The van der Waals surface area contributed by atoms with Crippen LogP contribution in [0.4, 0.5) is 0 Å². The van der Waals surface area contributed by atoms with Gasteiger partial charge in [0.15, 0.2) is 0 Å². The number of benzene rings is 3. The van der Waals surface area contributed by atoms with E-state index in [9.17, 15) is 0 Å². The third kappa shape index (κ3) is 4.52. The van der Waals surface area contributed by atoms with Gasteiger partial charge in [0.2, 0.25) is 0 Å². The molecule has 0 radical (unpaired) electrons. The number of rotatable bonds is 8. The van der Waals surface area contributed by atoms with Gasteiger partial charge in [-0.15, -0.1) is 0 Å². The van der Waals surface area contributed by atoms with Gasteiger partial charge < -0.3 is 10.1 Å². The quantitative estimate of drug-likeness (QED) is 0.438. The summed E-state index contributed by atoms with van der Waals surface area (Å²) in [5.74, 6) is 2.56. The molecule has 3 fully saturated rings. The number of hydrogen-bond acceptors (Lipinski definition) is 3. The molecule has 0 aliphatic carbocycles. The molecule has 3 aliphatic heterocycles. The number of ether oxygens (including phenoxy) is 1. The summed E-state index contributed by atoms with van der Waals surface area (Å²) < 4.78 is 5.90. The summed E-state index contributed by atoms with van der Waals surface area (Å²) in [7, 11) is 1.81. The molecular weight excluding hydrogens is 416 g/mol. The Morgan fingerprint density at radius 3 is 2.03 bits per heavy atom. The lowest BCUT2D eigenvalue weighted by Crippen LogP contribution is -2.64. The molecule has 6 rings (SSSR count). The van der Waals surface area contributed by atoms with Gasteiger partial charge in [-0.2, -0.15) is 0 Å². The van der Waals surface area contributed by atoms with E-state index in [1.807, 2.05) is 7.11 Å². The zero-order valence-electron chi connectivity index (χ0n) is 20.8. The fourth-order valence-corrected chi connectivity index (χ4v) is 6.37. The zero-order chi connectivity index (χ0) is 23.5. The normalized spacial score (nSPS) is 24.0. The molecule has 3 aromatic carbocycles. The van der Waals surface area contributed by atoms with Crippen molar-refractivity contribution in [1.29, 1.82) is 0 Å². The minimum Gasteiger partial charge on any atom is -0.496 e. The van der Waals surface area contributed by atoms with Crippen molar-refractivity contribution in [1.82, 2.24) is 10.2 Å². The first kappa shape index (κ1) is 23.1. The van der Waals surface area contributed by atoms with E-state index in [0.29, 0.717) is 29.8 Å². The molecule has 178 valence electrons. The van der Waals surface area contributed by atoms with Crippen molar-refractivity contribution in [3.63, 3.8) is 0 Å². The predicted octanol–water partition coefficient (Wildman–Crippen LogP) is 6.20. The maximum Gasteiger partial charge on any atom is 0.126 e. The summed E-state index contributed by atoms with van der Waals surface area (Å²) in [6, 6.07) is 29.7. The summed E-state index contributed by atoms with van der Waals surface area (Å²) in [6.07, 6.45) is 2.57. The second-order valence-corrected chi connectivity index (χ2v) is 10.3. The van der Waals surface area contributed by atoms with Crippen molar-refractivity contribution < 1.29 is 4.74 Å². The van der Waals surface area contributed by atoms with E-state index in [2.05, 4.69) is 103 Å². The number of hydrogen-bond donors (Lipinski definition) is 1. The van der Waals surface area contributed by atoms with Crippen molar-refractivity contribution >= 4 is 0 Å². The molecule has 2 unspecified atom stereocenters. The molecule has 1 N–H and O–H groups in total. The Balaban J connectivity index is 1.48. The van der Waals surface area contributed by atoms with Crippen LogP contribution in [0.2, 0.25) is 0 Å². The van der Waals surface area contributed by atoms with Crippen LogP contribution in [0.1, 0.15) is 60.8 Å². The number of piperidine rings is 3. The minimum atomic E-state index is 0.354. The molecule has 0 saturated carbocycles. The first-order chi connectivity index (χ1) is 16.7. The molecule has 0 amide bonds. The molecular formula is C31H38N2O. The highest BCUT2D eigenvalue weighted by atomic mass is 16.5. The van der Waals surface area contributed by atoms with Crippen LogP contribution in [-0.2, 0) is 6.54 Å². The van der Waals surface area contributed by atoms with E-state index in [-0.39, 0.29) is 0 Å². The second kappa shape index (κ2) is 10.3. The Morgan fingerprint density at radius 2 is 1.47 bits per heavy atom. The summed E-state index contributed by atoms with van der Waals surface area (Å²) >= 11 is 0. The van der Waals surface area contributed by atoms with Crippen LogP contribution >= 0.6 is 0 Å². The van der Waals surface area contributed by atoms with E-state index < -0.39 is 0 Å². The Morgan fingerprint density at radius 1 is 0.853 bits per heavy atom. The van der Waals surface area contributed by atoms with Crippen LogP contribution in [0, 0.1) is 5.92 Å². The number of fused-ring (bicyclic) bond motifs is 3. The number of nitrogens with one attached hydrogen (secondary N) is 1. The van der Waals surface area contributed by atoms with Crippen LogP contribution < -0.4 is 10.1 Å². The Bertz CT molecular complexity index is 1020. The van der Waals surface area contributed by atoms with Gasteiger partial charge in [0, 0.05) is 30.1 Å². The van der Waals surface area contributed by atoms with Gasteiger partial charge in [-0.25, -0.2) is 0 Å². The molecule has 3 heteroatoms. The number of methoxy groups -OCH3 is 1. The van der Waals surface area contributed by atoms with Crippen molar-refractivity contribution in [2.24, 2.45) is 5.92 Å². The van der Waals surface area contributed by atoms with Gasteiger partial charge in [-0.3, -0.25) is 4.90 Å². The fraction of sp³-hybridized carbons (Fsp3) is 0.419. The molecule has 3 nitrogen and oxygen atoms in total. The zero-order valence-corrected chi connectivity index (χ0v) is 20.8. The molecule has 3 aliphatic rings. The highest BCUT2D eigenvalue weighted by Crippen LogP contribution is 2.42. The summed E-state index contributed by atoms with van der Waals surface area (Å²) in [6.45, 7) is 7.72. The van der Waals surface area contributed by atoms with Gasteiger partial charge in [-0.1, -0.05) is 92.7 Å². The molecule has 3 heterocycles. The van der Waals surface area contributed by atoms with Gasteiger partial charge in [-0.05, 0) is 54.5 Å². The Hall–Kier alpha value is -2.62. The lowest BCUT2D eigenvalue weighted by molar-refractivity contribution is 0.00462. The SMILES string of the molecule is COc1c(CNC2C3CCN(CC3)C2C(c2ccccc2)c2ccccc2)cccc1C(C)C. The average molecular weight is 455 g/mol. The van der Waals surface area contributed by atoms with Crippen LogP contribution in [0.25, 0.3) is 0 Å². The summed E-state index contributed by atoms with van der Waals surface area (Å²) in [5, 5.41) is 4.06. The molecule has 0 aromatic heterocycles. The van der Waals surface area contributed by atoms with Crippen molar-refractivity contribution in [2.45, 2.75) is 57.2 Å². The van der Waals surface area contributed by atoms with Crippen molar-refractivity contribution in [3.05, 3.63) is 101 Å². The van der Waals surface area contributed by atoms with Gasteiger partial charge in [0.05, 0.1) is 7.11 Å². The second-order valence-electron chi connectivity index (χ2n) is 10.3. The van der Waals surface area contributed by atoms with Gasteiger partial charge in [0.25, 0.3) is 0 Å². The van der Waals surface area contributed by atoms with E-state index in [1.165, 1.54) is 48.2 Å². The molecule has 2 bridgehead atoms. The van der Waals surface area contributed by atoms with Gasteiger partial charge in [0.1, 0.15) is 5.75 Å². The van der Waals surface area contributed by atoms with Crippen LogP contribution in [0.15, 0.2) is 78.9 Å². The minimum absolute atomic E-state index is 0.354. The average Bonchev–Trinajstić information content (AvgIpc) is 2.89. The highest BCUT2D eigenvalue weighted by Gasteiger charge is 2.46. The third-order valence-corrected chi connectivity index (χ3v) is 8.01. The molecule has 3 aromatic rings. The Kier molecular flexibility index (Phi) is 7.03. The van der Waals surface area contributed by atoms with Crippen LogP contribution in [-0.4, -0.2) is 37.2 Å². The number of para-hydroxylation sites is 1. The molecule has 3 saturated heterocycles. The highest BCUT2D eigenvalue weighted by molar-refractivity contribution is 5.43. The first-order valence-electron chi connectivity index (χ1n) is 12.9. The van der Waals surface area contributed by atoms with Gasteiger partial charge >= 0.3 is 0 Å². The standard InChI is InChI=1S/C31H38N2O/c1-22(2)27-16-10-15-26(31(27)34-3)21-32-29-25-17-19-33(20-18-25)30(29)28(23-11-6-4-7-12-23)24-13-8-5-9-14-24/h4-16,22,25,28-30,32H,17-21H2,1-3H3. The van der Waals surface area contributed by atoms with Crippen LogP contribution in [0.3, 0.4) is 0 Å². The van der Waals surface area contributed by atoms with Crippen molar-refractivity contribution in [2.75, 3.05) is 20.2 Å². The monoisotopic (exact) mass is 454 g/mol. The lowest BCUT2D eigenvalue weighted by Gasteiger charge is -2.54. The fourth-order valence-electron chi connectivity index (χ4n) is 6.37. The largest absolute Gasteiger partial charge is 0.496 e. The predicted molar refractivity (Wildman–Crippen MR) is 141 cm³/mol. The summed E-state index contributed by atoms with van der Waals surface area (Å²) in [4.78, 5) is 2.75. The maximum absolute atomic E-state index is 5.90. The van der Waals surface area contributed by atoms with E-state index >= 15 is 0 Å². The third-order valence-electron chi connectivity index (χ3n) is 8.01. The van der Waals surface area contributed by atoms with E-state index in [0.717, 1.165) is 12.3 Å². The molecule has 2 atom stereocenters. The van der Waals surface area contributed by atoms with E-state index in [4.69, 9.17) is 4.74 Å². The lowest BCUT2D eigenvalue weighted by atomic mass is 9.70. The number of nitrogens with zero attached hydrogens (tertiary/aromatic N) is 1. The maximum atomic E-state index is 5.90.